The van der Waals surface area contributed by atoms with Crippen molar-refractivity contribution in [3.05, 3.63) is 0 Å². The van der Waals surface area contributed by atoms with Gasteiger partial charge in [0.2, 0.25) is 0 Å². The minimum absolute atomic E-state index is 0.387. The van der Waals surface area contributed by atoms with E-state index in [0.717, 1.165) is 25.9 Å². The van der Waals surface area contributed by atoms with E-state index < -0.39 is 0 Å². The first kappa shape index (κ1) is 10.4. The molecule has 0 aromatic carbocycles. The second-order valence-corrected chi connectivity index (χ2v) is 4.99. The Morgan fingerprint density at radius 2 is 2.07 bits per heavy atom. The molecule has 2 aliphatic rings. The van der Waals surface area contributed by atoms with Crippen LogP contribution in [0.25, 0.3) is 0 Å². The van der Waals surface area contributed by atoms with Crippen LogP contribution in [0.15, 0.2) is 0 Å². The average Bonchev–Trinajstić information content (AvgIpc) is 2.58. The first-order valence-corrected chi connectivity index (χ1v) is 5.89. The van der Waals surface area contributed by atoms with Crippen molar-refractivity contribution < 1.29 is 5.11 Å². The molecular formula is C11H22N2O. The number of hydrogen-bond donors (Lipinski definition) is 3. The van der Waals surface area contributed by atoms with Crippen LogP contribution in [-0.4, -0.2) is 29.8 Å². The Morgan fingerprint density at radius 1 is 1.29 bits per heavy atom. The third kappa shape index (κ3) is 2.10. The maximum absolute atomic E-state index is 9.94. The summed E-state index contributed by atoms with van der Waals surface area (Å²) in [6.45, 7) is 1.56. The Bertz CT molecular complexity index is 192. The van der Waals surface area contributed by atoms with Gasteiger partial charge in [0.25, 0.3) is 0 Å². The van der Waals surface area contributed by atoms with Gasteiger partial charge in [-0.25, -0.2) is 0 Å². The molecule has 2 fully saturated rings. The Balaban J connectivity index is 1.74. The Morgan fingerprint density at radius 3 is 2.64 bits per heavy atom. The SMILES string of the molecule is NCC1CCCC1NCC1(O)CCC1. The monoisotopic (exact) mass is 198 g/mol. The largest absolute Gasteiger partial charge is 0.389 e. The van der Waals surface area contributed by atoms with E-state index >= 15 is 0 Å². The number of nitrogens with two attached hydrogens (primary N) is 1. The smallest absolute Gasteiger partial charge is 0.0771 e. The zero-order chi connectivity index (χ0) is 10.0. The van der Waals surface area contributed by atoms with Gasteiger partial charge in [0, 0.05) is 12.6 Å². The van der Waals surface area contributed by atoms with E-state index in [1.165, 1.54) is 25.7 Å². The summed E-state index contributed by atoms with van der Waals surface area (Å²) in [4.78, 5) is 0. The van der Waals surface area contributed by atoms with Crippen LogP contribution < -0.4 is 11.1 Å². The molecule has 0 aromatic rings. The zero-order valence-electron chi connectivity index (χ0n) is 8.84. The van der Waals surface area contributed by atoms with Crippen LogP contribution in [0, 0.1) is 5.92 Å². The van der Waals surface area contributed by atoms with Gasteiger partial charge in [0.05, 0.1) is 5.60 Å². The van der Waals surface area contributed by atoms with Crippen molar-refractivity contribution in [1.82, 2.24) is 5.32 Å². The van der Waals surface area contributed by atoms with Gasteiger partial charge in [-0.05, 0) is 44.6 Å². The molecule has 0 heterocycles. The van der Waals surface area contributed by atoms with E-state index in [4.69, 9.17) is 5.73 Å². The van der Waals surface area contributed by atoms with Crippen molar-refractivity contribution in [3.8, 4) is 0 Å². The van der Waals surface area contributed by atoms with Gasteiger partial charge in [-0.3, -0.25) is 0 Å². The lowest BCUT2D eigenvalue weighted by Crippen LogP contribution is -2.50. The van der Waals surface area contributed by atoms with Gasteiger partial charge < -0.3 is 16.2 Å². The highest BCUT2D eigenvalue weighted by Gasteiger charge is 2.36. The van der Waals surface area contributed by atoms with Crippen LogP contribution in [0.4, 0.5) is 0 Å². The van der Waals surface area contributed by atoms with E-state index in [1.807, 2.05) is 0 Å². The van der Waals surface area contributed by atoms with Gasteiger partial charge in [-0.1, -0.05) is 6.42 Å². The fourth-order valence-corrected chi connectivity index (χ4v) is 2.67. The zero-order valence-corrected chi connectivity index (χ0v) is 8.84. The molecule has 0 radical (unpaired) electrons. The van der Waals surface area contributed by atoms with Crippen molar-refractivity contribution in [2.45, 2.75) is 50.2 Å². The molecule has 82 valence electrons. The first-order chi connectivity index (χ1) is 6.73. The Kier molecular flexibility index (Phi) is 3.10. The molecule has 0 aliphatic heterocycles. The number of aliphatic hydroxyl groups is 1. The molecule has 2 rings (SSSR count). The second-order valence-electron chi connectivity index (χ2n) is 4.99. The van der Waals surface area contributed by atoms with Crippen LogP contribution >= 0.6 is 0 Å². The predicted octanol–water partition coefficient (Wildman–Crippen LogP) is 0.618. The molecule has 2 saturated carbocycles. The molecule has 3 heteroatoms. The third-order valence-electron chi connectivity index (χ3n) is 3.94. The summed E-state index contributed by atoms with van der Waals surface area (Å²) in [5, 5.41) is 13.4. The lowest BCUT2D eigenvalue weighted by molar-refractivity contribution is -0.0339. The lowest BCUT2D eigenvalue weighted by Gasteiger charge is -2.38. The summed E-state index contributed by atoms with van der Waals surface area (Å²) in [5.74, 6) is 0.638. The number of rotatable bonds is 4. The molecule has 0 spiro atoms. The summed E-state index contributed by atoms with van der Waals surface area (Å²) in [5.41, 5.74) is 5.32. The van der Waals surface area contributed by atoms with E-state index in [0.29, 0.717) is 12.0 Å². The van der Waals surface area contributed by atoms with Gasteiger partial charge >= 0.3 is 0 Å². The van der Waals surface area contributed by atoms with Crippen molar-refractivity contribution in [1.29, 1.82) is 0 Å². The van der Waals surface area contributed by atoms with Gasteiger partial charge in [-0.15, -0.1) is 0 Å². The predicted molar refractivity (Wildman–Crippen MR) is 57.0 cm³/mol. The van der Waals surface area contributed by atoms with Crippen molar-refractivity contribution in [2.75, 3.05) is 13.1 Å². The molecule has 2 unspecified atom stereocenters. The normalized spacial score (nSPS) is 35.6. The van der Waals surface area contributed by atoms with E-state index in [2.05, 4.69) is 5.32 Å². The Hall–Kier alpha value is -0.120. The molecule has 2 atom stereocenters. The van der Waals surface area contributed by atoms with Crippen LogP contribution in [0.1, 0.15) is 38.5 Å². The molecule has 4 N–H and O–H groups in total. The topological polar surface area (TPSA) is 58.3 Å². The van der Waals surface area contributed by atoms with E-state index in [-0.39, 0.29) is 5.60 Å². The van der Waals surface area contributed by atoms with Gasteiger partial charge in [-0.2, -0.15) is 0 Å². The molecular weight excluding hydrogens is 176 g/mol. The molecule has 0 bridgehead atoms. The Labute approximate surface area is 86.1 Å². The van der Waals surface area contributed by atoms with Crippen LogP contribution in [0.5, 0.6) is 0 Å². The second kappa shape index (κ2) is 4.17. The van der Waals surface area contributed by atoms with Gasteiger partial charge in [0.15, 0.2) is 0 Å². The first-order valence-electron chi connectivity index (χ1n) is 5.89. The van der Waals surface area contributed by atoms with Crippen LogP contribution in [0.3, 0.4) is 0 Å². The standard InChI is InChI=1S/C11H22N2O/c12-7-9-3-1-4-10(9)13-8-11(14)5-2-6-11/h9-10,13-14H,1-8,12H2. The average molecular weight is 198 g/mol. The number of hydrogen-bond acceptors (Lipinski definition) is 3. The maximum Gasteiger partial charge on any atom is 0.0771 e. The highest BCUT2D eigenvalue weighted by Crippen LogP contribution is 2.32. The van der Waals surface area contributed by atoms with Crippen molar-refractivity contribution >= 4 is 0 Å². The molecule has 0 saturated heterocycles. The summed E-state index contributed by atoms with van der Waals surface area (Å²) < 4.78 is 0. The molecule has 3 nitrogen and oxygen atoms in total. The lowest BCUT2D eigenvalue weighted by atomic mass is 9.80. The van der Waals surface area contributed by atoms with Crippen molar-refractivity contribution in [3.63, 3.8) is 0 Å². The molecule has 2 aliphatic carbocycles. The fourth-order valence-electron chi connectivity index (χ4n) is 2.67. The minimum atomic E-state index is -0.387. The van der Waals surface area contributed by atoms with Gasteiger partial charge in [0.1, 0.15) is 0 Å². The van der Waals surface area contributed by atoms with E-state index in [1.54, 1.807) is 0 Å². The highest BCUT2D eigenvalue weighted by atomic mass is 16.3. The summed E-state index contributed by atoms with van der Waals surface area (Å²) in [6.07, 6.45) is 6.91. The number of nitrogens with one attached hydrogen (secondary N) is 1. The summed E-state index contributed by atoms with van der Waals surface area (Å²) in [6, 6.07) is 0.560. The fraction of sp³-hybridized carbons (Fsp3) is 1.00. The van der Waals surface area contributed by atoms with Crippen LogP contribution in [-0.2, 0) is 0 Å². The molecule has 14 heavy (non-hydrogen) atoms. The summed E-state index contributed by atoms with van der Waals surface area (Å²) in [7, 11) is 0. The van der Waals surface area contributed by atoms with Crippen molar-refractivity contribution in [2.24, 2.45) is 11.7 Å². The summed E-state index contributed by atoms with van der Waals surface area (Å²) >= 11 is 0. The highest BCUT2D eigenvalue weighted by molar-refractivity contribution is 4.92. The third-order valence-corrected chi connectivity index (χ3v) is 3.94. The molecule has 0 aromatic heterocycles. The van der Waals surface area contributed by atoms with E-state index in [9.17, 15) is 5.11 Å². The quantitative estimate of drug-likeness (QED) is 0.620. The maximum atomic E-state index is 9.94. The minimum Gasteiger partial charge on any atom is -0.389 e. The molecule has 0 amide bonds. The van der Waals surface area contributed by atoms with Crippen LogP contribution in [0.2, 0.25) is 0 Å².